The van der Waals surface area contributed by atoms with Gasteiger partial charge in [-0.2, -0.15) is 15.6 Å². The molecule has 19 heavy (non-hydrogen) atoms. The summed E-state index contributed by atoms with van der Waals surface area (Å²) in [5, 5.41) is 24.8. The number of aromatic nitrogens is 3. The summed E-state index contributed by atoms with van der Waals surface area (Å²) in [7, 11) is 0. The third-order valence-corrected chi connectivity index (χ3v) is 2.47. The molecule has 0 saturated heterocycles. The standard InChI is InChI=1S/C12H7ClN6/c13-10-1-2-12(19-8-16-7-18-19)11(3-10)17-6-9(4-14)5-15/h1-3,6-8,17H. The van der Waals surface area contributed by atoms with Crippen molar-refractivity contribution in [2.75, 3.05) is 5.32 Å². The summed E-state index contributed by atoms with van der Waals surface area (Å²) in [5.41, 5.74) is 1.28. The quantitative estimate of drug-likeness (QED) is 0.864. The lowest BCUT2D eigenvalue weighted by Crippen LogP contribution is -2.00. The van der Waals surface area contributed by atoms with E-state index in [0.29, 0.717) is 16.4 Å². The van der Waals surface area contributed by atoms with Crippen LogP contribution in [0.1, 0.15) is 0 Å². The van der Waals surface area contributed by atoms with E-state index in [1.165, 1.54) is 18.9 Å². The van der Waals surface area contributed by atoms with E-state index in [-0.39, 0.29) is 5.57 Å². The summed E-state index contributed by atoms with van der Waals surface area (Å²) in [6.07, 6.45) is 4.25. The van der Waals surface area contributed by atoms with E-state index >= 15 is 0 Å². The smallest absolute Gasteiger partial charge is 0.145 e. The number of nitrogens with zero attached hydrogens (tertiary/aromatic N) is 5. The van der Waals surface area contributed by atoms with E-state index in [2.05, 4.69) is 15.4 Å². The van der Waals surface area contributed by atoms with Crippen LogP contribution in [0.2, 0.25) is 5.02 Å². The van der Waals surface area contributed by atoms with E-state index in [0.717, 1.165) is 0 Å². The summed E-state index contributed by atoms with van der Waals surface area (Å²) < 4.78 is 1.55. The fraction of sp³-hybridized carbons (Fsp3) is 0. The van der Waals surface area contributed by atoms with Gasteiger partial charge in [0.05, 0.1) is 11.4 Å². The van der Waals surface area contributed by atoms with Crippen molar-refractivity contribution < 1.29 is 0 Å². The van der Waals surface area contributed by atoms with E-state index in [1.54, 1.807) is 35.0 Å². The molecule has 0 atom stereocenters. The molecule has 92 valence electrons. The number of hydrogen-bond donors (Lipinski definition) is 1. The van der Waals surface area contributed by atoms with E-state index < -0.39 is 0 Å². The third kappa shape index (κ3) is 2.89. The number of anilines is 1. The second kappa shape index (κ2) is 5.67. The van der Waals surface area contributed by atoms with E-state index in [9.17, 15) is 0 Å². The first-order chi connectivity index (χ1) is 9.24. The zero-order chi connectivity index (χ0) is 13.7. The van der Waals surface area contributed by atoms with Crippen LogP contribution in [-0.2, 0) is 0 Å². The van der Waals surface area contributed by atoms with Gasteiger partial charge < -0.3 is 5.32 Å². The molecular formula is C12H7ClN6. The van der Waals surface area contributed by atoms with Gasteiger partial charge in [0.15, 0.2) is 0 Å². The van der Waals surface area contributed by atoms with E-state index in [1.807, 2.05) is 0 Å². The Morgan fingerprint density at radius 3 is 2.79 bits per heavy atom. The first kappa shape index (κ1) is 12.6. The van der Waals surface area contributed by atoms with E-state index in [4.69, 9.17) is 22.1 Å². The number of hydrogen-bond acceptors (Lipinski definition) is 5. The van der Waals surface area contributed by atoms with Gasteiger partial charge in [-0.1, -0.05) is 11.6 Å². The van der Waals surface area contributed by atoms with Crippen LogP contribution in [0, 0.1) is 22.7 Å². The average molecular weight is 271 g/mol. The molecule has 0 amide bonds. The summed E-state index contributed by atoms with van der Waals surface area (Å²) in [5.74, 6) is 0. The van der Waals surface area contributed by atoms with Crippen molar-refractivity contribution in [1.29, 1.82) is 10.5 Å². The fourth-order valence-corrected chi connectivity index (χ4v) is 1.57. The summed E-state index contributed by atoms with van der Waals surface area (Å²) in [6.45, 7) is 0. The van der Waals surface area contributed by atoms with Gasteiger partial charge in [-0.3, -0.25) is 0 Å². The lowest BCUT2D eigenvalue weighted by molar-refractivity contribution is 0.880. The van der Waals surface area contributed by atoms with Crippen LogP contribution in [0.25, 0.3) is 5.69 Å². The minimum atomic E-state index is -0.0375. The van der Waals surface area contributed by atoms with Crippen molar-refractivity contribution in [3.05, 3.63) is 47.6 Å². The van der Waals surface area contributed by atoms with Crippen LogP contribution < -0.4 is 5.32 Å². The van der Waals surface area contributed by atoms with Gasteiger partial charge in [0.2, 0.25) is 0 Å². The highest BCUT2D eigenvalue weighted by Crippen LogP contribution is 2.24. The lowest BCUT2D eigenvalue weighted by atomic mass is 10.2. The monoisotopic (exact) mass is 270 g/mol. The molecule has 0 aliphatic heterocycles. The molecule has 0 bridgehead atoms. The van der Waals surface area contributed by atoms with Crippen molar-refractivity contribution in [2.24, 2.45) is 0 Å². The number of allylic oxidation sites excluding steroid dienone is 1. The Morgan fingerprint density at radius 1 is 1.37 bits per heavy atom. The maximum Gasteiger partial charge on any atom is 0.145 e. The van der Waals surface area contributed by atoms with Gasteiger partial charge in [-0.25, -0.2) is 9.67 Å². The van der Waals surface area contributed by atoms with Crippen LogP contribution >= 0.6 is 11.6 Å². The zero-order valence-electron chi connectivity index (χ0n) is 9.58. The first-order valence-electron chi connectivity index (χ1n) is 5.16. The number of rotatable bonds is 3. The topological polar surface area (TPSA) is 90.3 Å². The van der Waals surface area contributed by atoms with Gasteiger partial charge in [0, 0.05) is 11.2 Å². The van der Waals surface area contributed by atoms with Crippen LogP contribution in [0.5, 0.6) is 0 Å². The third-order valence-electron chi connectivity index (χ3n) is 2.24. The van der Waals surface area contributed by atoms with Crippen LogP contribution in [0.15, 0.2) is 42.6 Å². The molecule has 0 fully saturated rings. The van der Waals surface area contributed by atoms with Crippen molar-refractivity contribution in [3.8, 4) is 17.8 Å². The second-order valence-corrected chi connectivity index (χ2v) is 3.86. The summed E-state index contributed by atoms with van der Waals surface area (Å²) in [4.78, 5) is 3.86. The van der Waals surface area contributed by atoms with Crippen molar-refractivity contribution in [2.45, 2.75) is 0 Å². The van der Waals surface area contributed by atoms with Gasteiger partial charge in [-0.15, -0.1) is 0 Å². The minimum absolute atomic E-state index is 0.0375. The normalized spacial score (nSPS) is 9.21. The number of benzene rings is 1. The molecule has 6 nitrogen and oxygen atoms in total. The summed E-state index contributed by atoms with van der Waals surface area (Å²) >= 11 is 5.93. The molecular weight excluding hydrogens is 264 g/mol. The van der Waals surface area contributed by atoms with Gasteiger partial charge in [0.25, 0.3) is 0 Å². The molecule has 1 N–H and O–H groups in total. The highest BCUT2D eigenvalue weighted by molar-refractivity contribution is 6.31. The molecule has 1 heterocycles. The van der Waals surface area contributed by atoms with Crippen molar-refractivity contribution in [3.63, 3.8) is 0 Å². The number of nitrogens with one attached hydrogen (secondary N) is 1. The van der Waals surface area contributed by atoms with Crippen LogP contribution in [0.3, 0.4) is 0 Å². The molecule has 0 unspecified atom stereocenters. The molecule has 1 aromatic carbocycles. The average Bonchev–Trinajstić information content (AvgIpc) is 2.94. The molecule has 7 heteroatoms. The Labute approximate surface area is 114 Å². The van der Waals surface area contributed by atoms with Crippen LogP contribution in [-0.4, -0.2) is 14.8 Å². The lowest BCUT2D eigenvalue weighted by Gasteiger charge is -2.09. The molecule has 0 aliphatic carbocycles. The fourth-order valence-electron chi connectivity index (χ4n) is 1.40. The summed E-state index contributed by atoms with van der Waals surface area (Å²) in [6, 6.07) is 8.66. The Morgan fingerprint density at radius 2 is 2.16 bits per heavy atom. The Balaban J connectivity index is 2.40. The highest BCUT2D eigenvalue weighted by atomic mass is 35.5. The predicted octanol–water partition coefficient (Wildman–Crippen LogP) is 2.26. The first-order valence-corrected chi connectivity index (χ1v) is 5.54. The molecule has 0 radical (unpaired) electrons. The number of nitriles is 2. The Hall–Kier alpha value is -2.83. The highest BCUT2D eigenvalue weighted by Gasteiger charge is 2.05. The molecule has 2 rings (SSSR count). The minimum Gasteiger partial charge on any atom is -0.358 e. The van der Waals surface area contributed by atoms with Crippen LogP contribution in [0.4, 0.5) is 5.69 Å². The molecule has 2 aromatic rings. The van der Waals surface area contributed by atoms with Gasteiger partial charge in [0.1, 0.15) is 30.4 Å². The maximum atomic E-state index is 8.68. The molecule has 0 spiro atoms. The number of halogens is 1. The van der Waals surface area contributed by atoms with Gasteiger partial charge >= 0.3 is 0 Å². The molecule has 0 aliphatic rings. The molecule has 0 saturated carbocycles. The Bertz CT molecular complexity index is 674. The van der Waals surface area contributed by atoms with Gasteiger partial charge in [-0.05, 0) is 18.2 Å². The molecule has 1 aromatic heterocycles. The largest absolute Gasteiger partial charge is 0.358 e. The predicted molar refractivity (Wildman–Crippen MR) is 69.3 cm³/mol. The maximum absolute atomic E-state index is 8.68. The Kier molecular flexibility index (Phi) is 3.77. The van der Waals surface area contributed by atoms with Crippen molar-refractivity contribution >= 4 is 17.3 Å². The second-order valence-electron chi connectivity index (χ2n) is 3.43. The zero-order valence-corrected chi connectivity index (χ0v) is 10.3. The van der Waals surface area contributed by atoms with Crippen molar-refractivity contribution in [1.82, 2.24) is 14.8 Å². The SMILES string of the molecule is N#CC(C#N)=CNc1cc(Cl)ccc1-n1cncn1.